The Morgan fingerprint density at radius 2 is 2.14 bits per heavy atom. The summed E-state index contributed by atoms with van der Waals surface area (Å²) in [5.41, 5.74) is 0.440. The molecule has 2 aromatic heterocycles. The van der Waals surface area contributed by atoms with Gasteiger partial charge in [-0.25, -0.2) is 0 Å². The molecular weight excluding hydrogens is 372 g/mol. The lowest BCUT2D eigenvalue weighted by molar-refractivity contribution is -0.142. The molecule has 2 amide bonds. The molecule has 8 heteroatoms. The molecule has 29 heavy (non-hydrogen) atoms. The molecule has 0 N–H and O–H groups in total. The summed E-state index contributed by atoms with van der Waals surface area (Å²) in [5.74, 6) is -0.484. The maximum atomic E-state index is 13.2. The molecule has 4 atom stereocenters. The van der Waals surface area contributed by atoms with Crippen LogP contribution in [0.3, 0.4) is 0 Å². The van der Waals surface area contributed by atoms with Crippen LogP contribution in [-0.2, 0) is 27.3 Å². The zero-order valence-electron chi connectivity index (χ0n) is 16.1. The normalized spacial score (nSPS) is 29.5. The van der Waals surface area contributed by atoms with Crippen molar-refractivity contribution >= 4 is 11.8 Å². The van der Waals surface area contributed by atoms with Crippen molar-refractivity contribution in [2.45, 2.75) is 24.7 Å². The molecule has 0 aromatic carbocycles. The van der Waals surface area contributed by atoms with E-state index in [-0.39, 0.29) is 17.9 Å². The first-order valence-corrected chi connectivity index (χ1v) is 9.77. The topological polar surface area (TPSA) is 88.8 Å². The fourth-order valence-corrected chi connectivity index (χ4v) is 4.75. The Morgan fingerprint density at radius 1 is 1.31 bits per heavy atom. The van der Waals surface area contributed by atoms with Gasteiger partial charge in [0.15, 0.2) is 5.76 Å². The van der Waals surface area contributed by atoms with Crippen LogP contribution >= 0.6 is 0 Å². The number of likely N-dealkylation sites (tertiary alicyclic amines) is 1. The van der Waals surface area contributed by atoms with Crippen LogP contribution in [0.1, 0.15) is 11.3 Å². The zero-order chi connectivity index (χ0) is 20.0. The van der Waals surface area contributed by atoms with Gasteiger partial charge in [0.1, 0.15) is 5.60 Å². The predicted octanol–water partition coefficient (Wildman–Crippen LogP) is 1.05. The van der Waals surface area contributed by atoms with Crippen molar-refractivity contribution in [3.8, 4) is 0 Å². The predicted molar refractivity (Wildman–Crippen MR) is 101 cm³/mol. The second-order valence-electron chi connectivity index (χ2n) is 7.94. The Morgan fingerprint density at radius 3 is 2.90 bits per heavy atom. The van der Waals surface area contributed by atoms with Crippen molar-refractivity contribution in [2.24, 2.45) is 11.8 Å². The standard InChI is InChI=1S/C21H22N4O4/c1-24(12-15-5-10-23-29-15)19(26)17-16-2-7-21(28-16)13-25(20(27)18(17)21)11-6-14-3-8-22-9-4-14/h2-5,7-10,16-18H,6,11-13H2,1H3/t16-,17+,18-,21-/m0/s1. The molecule has 5 rings (SSSR count). The Labute approximate surface area is 168 Å². The van der Waals surface area contributed by atoms with E-state index in [4.69, 9.17) is 9.26 Å². The number of carbonyl (C=O) groups excluding carboxylic acids is 2. The SMILES string of the molecule is CN(Cc1ccno1)C(=O)[C@@H]1[C@@H]2C=C[C@@]3(CN(CCc4ccncc4)C(=O)[C@H]13)O2. The van der Waals surface area contributed by atoms with Gasteiger partial charge in [0.05, 0.1) is 37.2 Å². The molecule has 3 aliphatic heterocycles. The second-order valence-corrected chi connectivity index (χ2v) is 7.94. The first-order valence-electron chi connectivity index (χ1n) is 9.77. The molecule has 2 fully saturated rings. The van der Waals surface area contributed by atoms with Crippen LogP contribution < -0.4 is 0 Å². The fraction of sp³-hybridized carbons (Fsp3) is 0.429. The quantitative estimate of drug-likeness (QED) is 0.681. The highest BCUT2D eigenvalue weighted by Crippen LogP contribution is 2.52. The van der Waals surface area contributed by atoms with Gasteiger partial charge in [0, 0.05) is 32.1 Å². The number of amides is 2. The van der Waals surface area contributed by atoms with Crippen LogP contribution in [0.4, 0.5) is 0 Å². The van der Waals surface area contributed by atoms with Gasteiger partial charge in [-0.3, -0.25) is 14.6 Å². The summed E-state index contributed by atoms with van der Waals surface area (Å²) in [6, 6.07) is 5.63. The third-order valence-corrected chi connectivity index (χ3v) is 6.14. The molecule has 3 aliphatic rings. The summed E-state index contributed by atoms with van der Waals surface area (Å²) < 4.78 is 11.3. The summed E-state index contributed by atoms with van der Waals surface area (Å²) in [5, 5.41) is 3.68. The molecule has 0 unspecified atom stereocenters. The number of nitrogens with zero attached hydrogens (tertiary/aromatic N) is 4. The highest BCUT2D eigenvalue weighted by molar-refractivity contribution is 5.93. The molecule has 5 heterocycles. The lowest BCUT2D eigenvalue weighted by Crippen LogP contribution is -2.44. The lowest BCUT2D eigenvalue weighted by Gasteiger charge is -2.27. The summed E-state index contributed by atoms with van der Waals surface area (Å²) in [7, 11) is 1.72. The molecule has 8 nitrogen and oxygen atoms in total. The van der Waals surface area contributed by atoms with E-state index in [1.807, 2.05) is 29.2 Å². The molecule has 0 aliphatic carbocycles. The van der Waals surface area contributed by atoms with Gasteiger partial charge in [0.2, 0.25) is 11.8 Å². The van der Waals surface area contributed by atoms with Crippen molar-refractivity contribution < 1.29 is 18.8 Å². The zero-order valence-corrected chi connectivity index (χ0v) is 16.1. The van der Waals surface area contributed by atoms with Crippen LogP contribution in [0, 0.1) is 11.8 Å². The first-order chi connectivity index (χ1) is 14.1. The van der Waals surface area contributed by atoms with E-state index in [9.17, 15) is 9.59 Å². The summed E-state index contributed by atoms with van der Waals surface area (Å²) in [4.78, 5) is 33.9. The fourth-order valence-electron chi connectivity index (χ4n) is 4.75. The molecular formula is C21H22N4O4. The highest BCUT2D eigenvalue weighted by atomic mass is 16.5. The van der Waals surface area contributed by atoms with Crippen LogP contribution in [0.15, 0.2) is 53.5 Å². The summed E-state index contributed by atoms with van der Waals surface area (Å²) >= 11 is 0. The third-order valence-electron chi connectivity index (χ3n) is 6.14. The van der Waals surface area contributed by atoms with E-state index in [1.54, 1.807) is 36.6 Å². The molecule has 0 radical (unpaired) electrons. The minimum absolute atomic E-state index is 0.00248. The molecule has 1 spiro atoms. The Balaban J connectivity index is 1.32. The first kappa shape index (κ1) is 18.1. The van der Waals surface area contributed by atoms with Crippen LogP contribution in [-0.4, -0.2) is 63.6 Å². The number of hydrogen-bond acceptors (Lipinski definition) is 6. The van der Waals surface area contributed by atoms with Crippen molar-refractivity contribution in [3.63, 3.8) is 0 Å². The van der Waals surface area contributed by atoms with Gasteiger partial charge in [-0.15, -0.1) is 0 Å². The summed E-state index contributed by atoms with van der Waals surface area (Å²) in [6.07, 6.45) is 9.35. The number of ether oxygens (including phenoxy) is 1. The molecule has 2 bridgehead atoms. The van der Waals surface area contributed by atoms with E-state index < -0.39 is 17.4 Å². The Hall–Kier alpha value is -3.00. The maximum Gasteiger partial charge on any atom is 0.230 e. The van der Waals surface area contributed by atoms with E-state index >= 15 is 0 Å². The Kier molecular flexibility index (Phi) is 4.24. The monoisotopic (exact) mass is 394 g/mol. The van der Waals surface area contributed by atoms with Gasteiger partial charge in [-0.05, 0) is 24.1 Å². The van der Waals surface area contributed by atoms with Crippen LogP contribution in [0.5, 0.6) is 0 Å². The number of pyridine rings is 1. The van der Waals surface area contributed by atoms with Gasteiger partial charge < -0.3 is 19.1 Å². The number of carbonyl (C=O) groups is 2. The summed E-state index contributed by atoms with van der Waals surface area (Å²) in [6.45, 7) is 1.40. The van der Waals surface area contributed by atoms with Crippen molar-refractivity contribution in [2.75, 3.05) is 20.1 Å². The van der Waals surface area contributed by atoms with E-state index in [1.165, 1.54) is 0 Å². The van der Waals surface area contributed by atoms with E-state index in [0.29, 0.717) is 25.4 Å². The smallest absolute Gasteiger partial charge is 0.230 e. The molecule has 0 saturated carbocycles. The van der Waals surface area contributed by atoms with E-state index in [0.717, 1.165) is 12.0 Å². The minimum Gasteiger partial charge on any atom is -0.360 e. The molecule has 2 aromatic rings. The van der Waals surface area contributed by atoms with Crippen molar-refractivity contribution in [1.82, 2.24) is 19.9 Å². The lowest BCUT2D eigenvalue weighted by atomic mass is 9.76. The maximum absolute atomic E-state index is 13.2. The average Bonchev–Trinajstić information content (AvgIpc) is 3.49. The number of hydrogen-bond donors (Lipinski definition) is 0. The highest BCUT2D eigenvalue weighted by Gasteiger charge is 2.66. The van der Waals surface area contributed by atoms with Gasteiger partial charge in [0.25, 0.3) is 0 Å². The number of fused-ring (bicyclic) bond motifs is 1. The largest absolute Gasteiger partial charge is 0.360 e. The van der Waals surface area contributed by atoms with Gasteiger partial charge in [-0.1, -0.05) is 17.3 Å². The number of aromatic nitrogens is 2. The third kappa shape index (κ3) is 2.95. The van der Waals surface area contributed by atoms with Gasteiger partial charge in [-0.2, -0.15) is 0 Å². The van der Waals surface area contributed by atoms with Gasteiger partial charge >= 0.3 is 0 Å². The van der Waals surface area contributed by atoms with Crippen molar-refractivity contribution in [3.05, 3.63) is 60.3 Å². The van der Waals surface area contributed by atoms with Crippen LogP contribution in [0.25, 0.3) is 0 Å². The van der Waals surface area contributed by atoms with Crippen molar-refractivity contribution in [1.29, 1.82) is 0 Å². The molecule has 2 saturated heterocycles. The Bertz CT molecular complexity index is 945. The molecule has 150 valence electrons. The van der Waals surface area contributed by atoms with E-state index in [2.05, 4.69) is 10.1 Å². The van der Waals surface area contributed by atoms with Crippen LogP contribution in [0.2, 0.25) is 0 Å². The number of rotatable bonds is 6. The average molecular weight is 394 g/mol. The minimum atomic E-state index is -0.687. The second kappa shape index (κ2) is 6.81.